The summed E-state index contributed by atoms with van der Waals surface area (Å²) in [7, 11) is 0. The summed E-state index contributed by atoms with van der Waals surface area (Å²) in [4.78, 5) is 0. The summed E-state index contributed by atoms with van der Waals surface area (Å²) in [6, 6.07) is 0.468. The summed E-state index contributed by atoms with van der Waals surface area (Å²) < 4.78 is 3.47. The van der Waals surface area contributed by atoms with Gasteiger partial charge in [0.25, 0.3) is 0 Å². The molecular weight excluding hydrogens is 196 g/mol. The van der Waals surface area contributed by atoms with Crippen molar-refractivity contribution in [3.63, 3.8) is 0 Å². The van der Waals surface area contributed by atoms with Crippen molar-refractivity contribution in [2.24, 2.45) is 0 Å². The molecular formula is C7H10N8. The highest BCUT2D eigenvalue weighted by atomic mass is 15.6. The van der Waals surface area contributed by atoms with E-state index in [1.807, 2.05) is 4.68 Å². The van der Waals surface area contributed by atoms with Gasteiger partial charge in [-0.1, -0.05) is 5.21 Å². The molecule has 1 saturated carbocycles. The lowest BCUT2D eigenvalue weighted by Crippen LogP contribution is -2.09. The fourth-order valence-corrected chi connectivity index (χ4v) is 1.45. The van der Waals surface area contributed by atoms with Gasteiger partial charge in [-0.15, -0.1) is 10.2 Å². The zero-order valence-electron chi connectivity index (χ0n) is 7.98. The van der Waals surface area contributed by atoms with Gasteiger partial charge in [-0.05, 0) is 23.3 Å². The van der Waals surface area contributed by atoms with Crippen LogP contribution in [0.3, 0.4) is 0 Å². The second kappa shape index (κ2) is 3.01. The van der Waals surface area contributed by atoms with Crippen molar-refractivity contribution in [3.8, 4) is 0 Å². The lowest BCUT2D eigenvalue weighted by molar-refractivity contribution is 0.543. The summed E-state index contributed by atoms with van der Waals surface area (Å²) in [5, 5.41) is 19.1. The number of rotatable bonds is 3. The third-order valence-corrected chi connectivity index (χ3v) is 2.31. The van der Waals surface area contributed by atoms with Crippen LogP contribution in [0.15, 0.2) is 6.20 Å². The summed E-state index contributed by atoms with van der Waals surface area (Å²) in [5.41, 5.74) is 5.46. The zero-order valence-corrected chi connectivity index (χ0v) is 7.98. The predicted molar refractivity (Wildman–Crippen MR) is 49.6 cm³/mol. The molecule has 0 bridgehead atoms. The van der Waals surface area contributed by atoms with Crippen LogP contribution >= 0.6 is 0 Å². The largest absolute Gasteiger partial charge is 0.381 e. The molecule has 0 amide bonds. The molecule has 0 atom stereocenters. The van der Waals surface area contributed by atoms with Crippen LogP contribution < -0.4 is 5.73 Å². The minimum atomic E-state index is 0.403. The third-order valence-electron chi connectivity index (χ3n) is 2.31. The number of tetrazole rings is 1. The smallest absolute Gasteiger partial charge is 0.173 e. The van der Waals surface area contributed by atoms with Gasteiger partial charge in [0.05, 0.1) is 12.2 Å². The fraction of sp³-hybridized carbons (Fsp3) is 0.571. The first-order valence-electron chi connectivity index (χ1n) is 4.75. The Morgan fingerprint density at radius 2 is 2.20 bits per heavy atom. The standard InChI is InChI=1S/C7H10N8/c8-6-3-14(12-9-6)4-7-10-11-13-15(7)5-1-2-5/h3,5H,1-2,4,8H2. The Balaban J connectivity index is 1.84. The molecule has 0 unspecified atom stereocenters. The van der Waals surface area contributed by atoms with Crippen molar-refractivity contribution in [1.82, 2.24) is 35.2 Å². The van der Waals surface area contributed by atoms with E-state index in [4.69, 9.17) is 5.73 Å². The van der Waals surface area contributed by atoms with E-state index in [0.29, 0.717) is 18.4 Å². The zero-order chi connectivity index (χ0) is 10.3. The average molecular weight is 206 g/mol. The fourth-order valence-electron chi connectivity index (χ4n) is 1.45. The molecule has 2 aromatic rings. The number of nitrogen functional groups attached to an aromatic ring is 1. The summed E-state index contributed by atoms with van der Waals surface area (Å²) >= 11 is 0. The Morgan fingerprint density at radius 1 is 1.33 bits per heavy atom. The normalized spacial score (nSPS) is 15.7. The Hall–Kier alpha value is -1.99. The molecule has 2 aromatic heterocycles. The predicted octanol–water partition coefficient (Wildman–Crippen LogP) is -0.770. The maximum Gasteiger partial charge on any atom is 0.173 e. The SMILES string of the molecule is Nc1cn(Cc2nnnn2C2CC2)nn1. The van der Waals surface area contributed by atoms with Crippen LogP contribution in [0.2, 0.25) is 0 Å². The molecule has 0 aromatic carbocycles. The maximum absolute atomic E-state index is 5.46. The lowest BCUT2D eigenvalue weighted by Gasteiger charge is -2.00. The summed E-state index contributed by atoms with van der Waals surface area (Å²) in [6.45, 7) is 0.508. The number of nitrogens with zero attached hydrogens (tertiary/aromatic N) is 7. The molecule has 0 radical (unpaired) electrons. The van der Waals surface area contributed by atoms with Gasteiger partial charge in [-0.25, -0.2) is 9.36 Å². The van der Waals surface area contributed by atoms with Crippen LogP contribution in [0.5, 0.6) is 0 Å². The second-order valence-electron chi connectivity index (χ2n) is 3.61. The molecule has 1 fully saturated rings. The van der Waals surface area contributed by atoms with E-state index < -0.39 is 0 Å². The first-order chi connectivity index (χ1) is 7.33. The van der Waals surface area contributed by atoms with Gasteiger partial charge in [-0.3, -0.25) is 0 Å². The van der Waals surface area contributed by atoms with E-state index in [1.54, 1.807) is 10.9 Å². The second-order valence-corrected chi connectivity index (χ2v) is 3.61. The Morgan fingerprint density at radius 3 is 2.87 bits per heavy atom. The van der Waals surface area contributed by atoms with Crippen molar-refractivity contribution in [1.29, 1.82) is 0 Å². The molecule has 3 rings (SSSR count). The highest BCUT2D eigenvalue weighted by Crippen LogP contribution is 2.34. The van der Waals surface area contributed by atoms with E-state index in [1.165, 1.54) is 0 Å². The van der Waals surface area contributed by atoms with Gasteiger partial charge in [0.15, 0.2) is 11.6 Å². The lowest BCUT2D eigenvalue weighted by atomic mass is 10.5. The molecule has 0 aliphatic heterocycles. The van der Waals surface area contributed by atoms with Crippen molar-refractivity contribution < 1.29 is 0 Å². The van der Waals surface area contributed by atoms with Crippen LogP contribution in [0, 0.1) is 0 Å². The molecule has 0 saturated heterocycles. The van der Waals surface area contributed by atoms with Crippen molar-refractivity contribution in [2.45, 2.75) is 25.4 Å². The minimum Gasteiger partial charge on any atom is -0.381 e. The third kappa shape index (κ3) is 1.53. The van der Waals surface area contributed by atoms with Crippen LogP contribution in [-0.2, 0) is 6.54 Å². The monoisotopic (exact) mass is 206 g/mol. The summed E-state index contributed by atoms with van der Waals surface area (Å²) in [6.07, 6.45) is 3.96. The van der Waals surface area contributed by atoms with Gasteiger partial charge in [0.2, 0.25) is 0 Å². The minimum absolute atomic E-state index is 0.403. The van der Waals surface area contributed by atoms with E-state index in [0.717, 1.165) is 18.7 Å². The highest BCUT2D eigenvalue weighted by Gasteiger charge is 2.27. The average Bonchev–Trinajstić information content (AvgIpc) is 2.83. The number of hydrogen-bond donors (Lipinski definition) is 1. The highest BCUT2D eigenvalue weighted by molar-refractivity contribution is 5.20. The Bertz CT molecular complexity index is 467. The molecule has 0 spiro atoms. The topological polar surface area (TPSA) is 100 Å². The van der Waals surface area contributed by atoms with Gasteiger partial charge in [0, 0.05) is 0 Å². The van der Waals surface area contributed by atoms with E-state index >= 15 is 0 Å². The summed E-state index contributed by atoms with van der Waals surface area (Å²) in [5.74, 6) is 1.20. The quantitative estimate of drug-likeness (QED) is 0.707. The number of nitrogens with two attached hydrogens (primary N) is 1. The van der Waals surface area contributed by atoms with Gasteiger partial charge >= 0.3 is 0 Å². The molecule has 2 N–H and O–H groups in total. The van der Waals surface area contributed by atoms with E-state index in [9.17, 15) is 0 Å². The Kier molecular flexibility index (Phi) is 1.67. The molecule has 15 heavy (non-hydrogen) atoms. The number of hydrogen-bond acceptors (Lipinski definition) is 6. The van der Waals surface area contributed by atoms with Crippen LogP contribution in [0.25, 0.3) is 0 Å². The maximum atomic E-state index is 5.46. The van der Waals surface area contributed by atoms with Crippen LogP contribution in [-0.4, -0.2) is 35.2 Å². The molecule has 2 heterocycles. The van der Waals surface area contributed by atoms with Gasteiger partial charge < -0.3 is 5.73 Å². The van der Waals surface area contributed by atoms with Crippen LogP contribution in [0.1, 0.15) is 24.7 Å². The first kappa shape index (κ1) is 8.33. The molecule has 8 nitrogen and oxygen atoms in total. The van der Waals surface area contributed by atoms with E-state index in [-0.39, 0.29) is 0 Å². The van der Waals surface area contributed by atoms with Gasteiger partial charge in [0.1, 0.15) is 6.54 Å². The molecule has 1 aliphatic carbocycles. The van der Waals surface area contributed by atoms with Crippen molar-refractivity contribution in [2.75, 3.05) is 5.73 Å². The number of anilines is 1. The number of aromatic nitrogens is 7. The van der Waals surface area contributed by atoms with Gasteiger partial charge in [-0.2, -0.15) is 0 Å². The van der Waals surface area contributed by atoms with Crippen LogP contribution in [0.4, 0.5) is 5.82 Å². The first-order valence-corrected chi connectivity index (χ1v) is 4.75. The van der Waals surface area contributed by atoms with E-state index in [2.05, 4.69) is 25.8 Å². The molecule has 78 valence electrons. The van der Waals surface area contributed by atoms with Crippen molar-refractivity contribution >= 4 is 5.82 Å². The Labute approximate surface area is 85.1 Å². The molecule has 8 heteroatoms. The van der Waals surface area contributed by atoms with Crippen molar-refractivity contribution in [3.05, 3.63) is 12.0 Å². The molecule has 1 aliphatic rings.